The van der Waals surface area contributed by atoms with Crippen LogP contribution in [0.15, 0.2) is 48.1 Å². The molecule has 0 saturated carbocycles. The van der Waals surface area contributed by atoms with E-state index in [1.165, 1.54) is 6.20 Å². The fraction of sp³-hybridized carbons (Fsp3) is 0.581. The molecular weight excluding hydrogens is 504 g/mol. The number of carbonyl (C=O) groups excluding carboxylic acids is 1. The zero-order chi connectivity index (χ0) is 29.5. The van der Waals surface area contributed by atoms with Crippen molar-refractivity contribution in [3.8, 4) is 0 Å². The van der Waals surface area contributed by atoms with E-state index in [0.29, 0.717) is 30.2 Å². The SMILES string of the molecule is CCCN(CC)CCCNC(=O)c1cnc2ccc(N(CCNC(C)C)C(C)/C=C(/O)C/C=C(\C)OC)cc2n1. The van der Waals surface area contributed by atoms with Gasteiger partial charge in [-0.2, -0.15) is 0 Å². The van der Waals surface area contributed by atoms with Crippen molar-refractivity contribution in [2.24, 2.45) is 0 Å². The molecule has 1 unspecified atom stereocenters. The van der Waals surface area contributed by atoms with Crippen molar-refractivity contribution < 1.29 is 14.6 Å². The number of anilines is 1. The van der Waals surface area contributed by atoms with Gasteiger partial charge in [0.1, 0.15) is 5.69 Å². The molecule has 0 saturated heterocycles. The molecule has 1 heterocycles. The number of aliphatic hydroxyl groups is 1. The maximum absolute atomic E-state index is 12.8. The molecule has 1 aromatic heterocycles. The Morgan fingerprint density at radius 1 is 1.12 bits per heavy atom. The Labute approximate surface area is 240 Å². The third-order valence-corrected chi connectivity index (χ3v) is 6.76. The predicted molar refractivity (Wildman–Crippen MR) is 165 cm³/mol. The molecule has 9 heteroatoms. The van der Waals surface area contributed by atoms with Crippen LogP contribution in [0.1, 0.15) is 71.3 Å². The number of hydrogen-bond donors (Lipinski definition) is 3. The summed E-state index contributed by atoms with van der Waals surface area (Å²) < 4.78 is 5.18. The highest BCUT2D eigenvalue weighted by Crippen LogP contribution is 2.23. The Morgan fingerprint density at radius 3 is 2.58 bits per heavy atom. The van der Waals surface area contributed by atoms with Crippen LogP contribution in [0.2, 0.25) is 0 Å². The molecule has 3 N–H and O–H groups in total. The molecule has 1 amide bonds. The van der Waals surface area contributed by atoms with Gasteiger partial charge in [-0.3, -0.25) is 9.78 Å². The molecule has 0 aliphatic carbocycles. The van der Waals surface area contributed by atoms with Crippen LogP contribution in [-0.4, -0.2) is 84.3 Å². The first-order chi connectivity index (χ1) is 19.2. The standard InChI is InChI=1S/C31H50N6O3/c1-8-17-36(9-2)18-10-15-33-31(39)30-22-34-28-14-12-26(21-29(28)35-30)37(19-16-32-23(3)4)24(5)20-27(38)13-11-25(6)40-7/h11-12,14,20-24,32,38H,8-10,13,15-19H2,1-7H3,(H,33,39)/b25-11+,27-20+. The third-order valence-electron chi connectivity index (χ3n) is 6.76. The predicted octanol–water partition coefficient (Wildman–Crippen LogP) is 5.06. The number of carbonyl (C=O) groups is 1. The van der Waals surface area contributed by atoms with Crippen LogP contribution in [0.5, 0.6) is 0 Å². The molecule has 0 fully saturated rings. The normalized spacial score (nSPS) is 13.2. The Hall–Kier alpha value is -3.17. The molecule has 0 aliphatic rings. The lowest BCUT2D eigenvalue weighted by Gasteiger charge is -2.30. The maximum Gasteiger partial charge on any atom is 0.271 e. The van der Waals surface area contributed by atoms with Gasteiger partial charge in [0, 0.05) is 43.8 Å². The molecule has 2 rings (SSSR count). The number of aliphatic hydroxyl groups excluding tert-OH is 1. The van der Waals surface area contributed by atoms with Gasteiger partial charge in [0.25, 0.3) is 5.91 Å². The van der Waals surface area contributed by atoms with Gasteiger partial charge in [0.05, 0.1) is 35.9 Å². The quantitative estimate of drug-likeness (QED) is 0.174. The monoisotopic (exact) mass is 554 g/mol. The Bertz CT molecular complexity index is 1120. The zero-order valence-corrected chi connectivity index (χ0v) is 25.5. The first-order valence-corrected chi connectivity index (χ1v) is 14.6. The van der Waals surface area contributed by atoms with E-state index in [4.69, 9.17) is 4.74 Å². The smallest absolute Gasteiger partial charge is 0.271 e. The summed E-state index contributed by atoms with van der Waals surface area (Å²) in [7, 11) is 1.62. The molecule has 0 spiro atoms. The number of ether oxygens (including phenoxy) is 1. The van der Waals surface area contributed by atoms with Gasteiger partial charge < -0.3 is 30.3 Å². The number of fused-ring (bicyclic) bond motifs is 1. The van der Waals surface area contributed by atoms with Gasteiger partial charge in [-0.25, -0.2) is 4.98 Å². The topological polar surface area (TPSA) is 103 Å². The van der Waals surface area contributed by atoms with E-state index < -0.39 is 0 Å². The maximum atomic E-state index is 12.8. The second kappa shape index (κ2) is 17.5. The number of allylic oxidation sites excluding steroid dienone is 2. The first-order valence-electron chi connectivity index (χ1n) is 14.6. The van der Waals surface area contributed by atoms with Gasteiger partial charge in [-0.1, -0.05) is 27.7 Å². The second-order valence-corrected chi connectivity index (χ2v) is 10.4. The van der Waals surface area contributed by atoms with E-state index in [-0.39, 0.29) is 17.7 Å². The first kappa shape index (κ1) is 33.0. The molecule has 40 heavy (non-hydrogen) atoms. The summed E-state index contributed by atoms with van der Waals surface area (Å²) >= 11 is 0. The van der Waals surface area contributed by atoms with Crippen molar-refractivity contribution in [1.82, 2.24) is 25.5 Å². The fourth-order valence-corrected chi connectivity index (χ4v) is 4.44. The van der Waals surface area contributed by atoms with E-state index >= 15 is 0 Å². The van der Waals surface area contributed by atoms with Crippen LogP contribution in [0, 0.1) is 0 Å². The van der Waals surface area contributed by atoms with Crippen LogP contribution in [0.25, 0.3) is 11.0 Å². The lowest BCUT2D eigenvalue weighted by Crippen LogP contribution is -2.39. The Balaban J connectivity index is 2.20. The second-order valence-electron chi connectivity index (χ2n) is 10.4. The van der Waals surface area contributed by atoms with E-state index in [1.54, 1.807) is 7.11 Å². The van der Waals surface area contributed by atoms with Crippen LogP contribution in [0.3, 0.4) is 0 Å². The molecule has 0 aliphatic heterocycles. The highest BCUT2D eigenvalue weighted by Gasteiger charge is 2.16. The minimum Gasteiger partial charge on any atom is -0.512 e. The lowest BCUT2D eigenvalue weighted by molar-refractivity contribution is 0.0946. The molecule has 0 radical (unpaired) electrons. The van der Waals surface area contributed by atoms with E-state index in [1.807, 2.05) is 37.3 Å². The van der Waals surface area contributed by atoms with Gasteiger partial charge in [-0.15, -0.1) is 0 Å². The number of rotatable bonds is 18. The van der Waals surface area contributed by atoms with Gasteiger partial charge in [0.2, 0.25) is 0 Å². The molecule has 1 aromatic carbocycles. The highest BCUT2D eigenvalue weighted by molar-refractivity contribution is 5.94. The van der Waals surface area contributed by atoms with Crippen LogP contribution in [-0.2, 0) is 4.74 Å². The minimum absolute atomic E-state index is 0.0856. The molecule has 222 valence electrons. The summed E-state index contributed by atoms with van der Waals surface area (Å²) in [5, 5.41) is 17.0. The molecule has 9 nitrogen and oxygen atoms in total. The van der Waals surface area contributed by atoms with E-state index in [9.17, 15) is 9.90 Å². The third kappa shape index (κ3) is 11.1. The largest absolute Gasteiger partial charge is 0.512 e. The number of nitrogens with one attached hydrogen (secondary N) is 2. The van der Waals surface area contributed by atoms with Crippen LogP contribution < -0.4 is 15.5 Å². The fourth-order valence-electron chi connectivity index (χ4n) is 4.44. The molecule has 1 atom stereocenters. The zero-order valence-electron chi connectivity index (χ0n) is 25.5. The summed E-state index contributed by atoms with van der Waals surface area (Å²) in [5.41, 5.74) is 2.64. The van der Waals surface area contributed by atoms with Gasteiger partial charge in [0.15, 0.2) is 0 Å². The summed E-state index contributed by atoms with van der Waals surface area (Å²) in [5.74, 6) is 0.830. The van der Waals surface area contributed by atoms with Crippen molar-refractivity contribution >= 4 is 22.6 Å². The molecular formula is C31H50N6O3. The number of aromatic nitrogens is 2. The lowest BCUT2D eigenvalue weighted by atomic mass is 10.1. The highest BCUT2D eigenvalue weighted by atomic mass is 16.5. The summed E-state index contributed by atoms with van der Waals surface area (Å²) in [4.78, 5) is 26.6. The van der Waals surface area contributed by atoms with Crippen molar-refractivity contribution in [2.75, 3.05) is 51.3 Å². The average Bonchev–Trinajstić information content (AvgIpc) is 2.94. The van der Waals surface area contributed by atoms with E-state index in [2.05, 4.69) is 65.0 Å². The van der Waals surface area contributed by atoms with Gasteiger partial charge >= 0.3 is 0 Å². The molecule has 2 aromatic rings. The average molecular weight is 555 g/mol. The summed E-state index contributed by atoms with van der Waals surface area (Å²) in [6.07, 6.45) is 7.67. The number of nitrogens with zero attached hydrogens (tertiary/aromatic N) is 4. The Morgan fingerprint density at radius 2 is 1.90 bits per heavy atom. The van der Waals surface area contributed by atoms with Crippen LogP contribution in [0.4, 0.5) is 5.69 Å². The summed E-state index contributed by atoms with van der Waals surface area (Å²) in [6, 6.07) is 6.18. The molecule has 0 bridgehead atoms. The van der Waals surface area contributed by atoms with Gasteiger partial charge in [-0.05, 0) is 76.7 Å². The minimum atomic E-state index is -0.211. The van der Waals surface area contributed by atoms with Crippen molar-refractivity contribution in [3.63, 3.8) is 0 Å². The van der Waals surface area contributed by atoms with Crippen LogP contribution >= 0.6 is 0 Å². The number of hydrogen-bond acceptors (Lipinski definition) is 8. The van der Waals surface area contributed by atoms with Crippen molar-refractivity contribution in [1.29, 1.82) is 0 Å². The number of methoxy groups -OCH3 is 1. The van der Waals surface area contributed by atoms with E-state index in [0.717, 1.165) is 62.5 Å². The number of amides is 1. The summed E-state index contributed by atoms with van der Waals surface area (Å²) in [6.45, 7) is 17.6. The van der Waals surface area contributed by atoms with Crippen molar-refractivity contribution in [3.05, 3.63) is 53.8 Å². The Kier molecular flexibility index (Phi) is 14.5. The van der Waals surface area contributed by atoms with Crippen molar-refractivity contribution in [2.45, 2.75) is 72.9 Å². The number of benzene rings is 1.